The SMILES string of the molecule is CC(C)Cc1noc(CSCCCO)n1. The van der Waals surface area contributed by atoms with Gasteiger partial charge >= 0.3 is 0 Å². The van der Waals surface area contributed by atoms with Gasteiger partial charge in [0.1, 0.15) is 0 Å². The molecule has 4 nitrogen and oxygen atoms in total. The molecular formula is C10H18N2O2S. The van der Waals surface area contributed by atoms with Gasteiger partial charge in [-0.25, -0.2) is 0 Å². The van der Waals surface area contributed by atoms with E-state index in [2.05, 4.69) is 24.0 Å². The van der Waals surface area contributed by atoms with Gasteiger partial charge in [-0.15, -0.1) is 0 Å². The van der Waals surface area contributed by atoms with E-state index in [0.717, 1.165) is 30.2 Å². The number of aliphatic hydroxyl groups is 1. The molecule has 0 saturated heterocycles. The molecule has 0 amide bonds. The Hall–Kier alpha value is -0.550. The second kappa shape index (κ2) is 6.85. The fourth-order valence-corrected chi connectivity index (χ4v) is 1.89. The largest absolute Gasteiger partial charge is 0.396 e. The van der Waals surface area contributed by atoms with Gasteiger partial charge in [-0.2, -0.15) is 16.7 Å². The lowest BCUT2D eigenvalue weighted by molar-refractivity contribution is 0.296. The predicted octanol–water partition coefficient (Wildman–Crippen LogP) is 1.88. The summed E-state index contributed by atoms with van der Waals surface area (Å²) in [5, 5.41) is 12.5. The minimum Gasteiger partial charge on any atom is -0.396 e. The van der Waals surface area contributed by atoms with Crippen LogP contribution in [-0.4, -0.2) is 27.6 Å². The van der Waals surface area contributed by atoms with Crippen molar-refractivity contribution in [1.82, 2.24) is 10.1 Å². The third-order valence-corrected chi connectivity index (χ3v) is 2.80. The van der Waals surface area contributed by atoms with E-state index in [4.69, 9.17) is 9.63 Å². The van der Waals surface area contributed by atoms with Gasteiger partial charge in [0.05, 0.1) is 5.75 Å². The average Bonchev–Trinajstić information content (AvgIpc) is 2.59. The lowest BCUT2D eigenvalue weighted by Crippen LogP contribution is -1.96. The van der Waals surface area contributed by atoms with Gasteiger partial charge < -0.3 is 9.63 Å². The minimum absolute atomic E-state index is 0.245. The standard InChI is InChI=1S/C10H18N2O2S/c1-8(2)6-9-11-10(14-12-9)7-15-5-3-4-13/h8,13H,3-7H2,1-2H3. The minimum atomic E-state index is 0.245. The Bertz CT molecular complexity index is 276. The summed E-state index contributed by atoms with van der Waals surface area (Å²) >= 11 is 1.71. The molecule has 0 unspecified atom stereocenters. The fraction of sp³-hybridized carbons (Fsp3) is 0.800. The number of nitrogens with zero attached hydrogens (tertiary/aromatic N) is 2. The first-order chi connectivity index (χ1) is 7.22. The highest BCUT2D eigenvalue weighted by atomic mass is 32.2. The molecule has 1 rings (SSSR count). The topological polar surface area (TPSA) is 59.2 Å². The van der Waals surface area contributed by atoms with Gasteiger partial charge in [-0.1, -0.05) is 19.0 Å². The highest BCUT2D eigenvalue weighted by Gasteiger charge is 2.07. The molecule has 86 valence electrons. The van der Waals surface area contributed by atoms with E-state index in [-0.39, 0.29) is 6.61 Å². The van der Waals surface area contributed by atoms with Crippen molar-refractivity contribution < 1.29 is 9.63 Å². The van der Waals surface area contributed by atoms with Crippen molar-refractivity contribution in [3.05, 3.63) is 11.7 Å². The smallest absolute Gasteiger partial charge is 0.236 e. The van der Waals surface area contributed by atoms with Gasteiger partial charge in [0.15, 0.2) is 5.82 Å². The van der Waals surface area contributed by atoms with Crippen LogP contribution in [0, 0.1) is 5.92 Å². The molecule has 0 atom stereocenters. The maximum absolute atomic E-state index is 8.60. The Balaban J connectivity index is 2.26. The third kappa shape index (κ3) is 5.18. The van der Waals surface area contributed by atoms with Crippen LogP contribution < -0.4 is 0 Å². The Kier molecular flexibility index (Phi) is 5.71. The molecule has 1 N–H and O–H groups in total. The summed E-state index contributed by atoms with van der Waals surface area (Å²) in [6.45, 7) is 4.51. The van der Waals surface area contributed by atoms with Crippen molar-refractivity contribution in [1.29, 1.82) is 0 Å². The van der Waals surface area contributed by atoms with Gasteiger partial charge in [0.2, 0.25) is 5.89 Å². The lowest BCUT2D eigenvalue weighted by Gasteiger charge is -1.96. The maximum Gasteiger partial charge on any atom is 0.236 e. The zero-order valence-corrected chi connectivity index (χ0v) is 10.1. The first kappa shape index (κ1) is 12.5. The Morgan fingerprint density at radius 1 is 1.47 bits per heavy atom. The molecule has 0 saturated carbocycles. The van der Waals surface area contributed by atoms with E-state index in [1.54, 1.807) is 11.8 Å². The first-order valence-corrected chi connectivity index (χ1v) is 6.38. The molecule has 0 aliphatic heterocycles. The first-order valence-electron chi connectivity index (χ1n) is 5.22. The number of aliphatic hydroxyl groups excluding tert-OH is 1. The van der Waals surface area contributed by atoms with Crippen LogP contribution >= 0.6 is 11.8 Å². The number of aromatic nitrogens is 2. The van der Waals surface area contributed by atoms with Crippen LogP contribution in [0.4, 0.5) is 0 Å². The van der Waals surface area contributed by atoms with Crippen molar-refractivity contribution in [2.24, 2.45) is 5.92 Å². The van der Waals surface area contributed by atoms with Crippen LogP contribution in [0.3, 0.4) is 0 Å². The molecule has 1 aromatic heterocycles. The van der Waals surface area contributed by atoms with E-state index in [1.807, 2.05) is 0 Å². The molecule has 0 aliphatic rings. The molecule has 0 radical (unpaired) electrons. The Labute approximate surface area is 94.5 Å². The molecule has 0 bridgehead atoms. The lowest BCUT2D eigenvalue weighted by atomic mass is 10.1. The molecule has 0 fully saturated rings. The second-order valence-corrected chi connectivity index (χ2v) is 4.94. The average molecular weight is 230 g/mol. The summed E-state index contributed by atoms with van der Waals surface area (Å²) in [7, 11) is 0. The van der Waals surface area contributed by atoms with Crippen LogP contribution in [0.1, 0.15) is 32.0 Å². The molecular weight excluding hydrogens is 212 g/mol. The number of hydrogen-bond acceptors (Lipinski definition) is 5. The van der Waals surface area contributed by atoms with Gasteiger partial charge in [0.25, 0.3) is 0 Å². The second-order valence-electron chi connectivity index (χ2n) is 3.83. The summed E-state index contributed by atoms with van der Waals surface area (Å²) in [6.07, 6.45) is 1.68. The normalized spacial score (nSPS) is 11.2. The van der Waals surface area contributed by atoms with Crippen molar-refractivity contribution in [3.8, 4) is 0 Å². The molecule has 15 heavy (non-hydrogen) atoms. The van der Waals surface area contributed by atoms with Crippen molar-refractivity contribution in [2.45, 2.75) is 32.4 Å². The fourth-order valence-electron chi connectivity index (χ4n) is 1.12. The van der Waals surface area contributed by atoms with E-state index in [0.29, 0.717) is 11.8 Å². The highest BCUT2D eigenvalue weighted by molar-refractivity contribution is 7.98. The van der Waals surface area contributed by atoms with Crippen LogP contribution in [0.25, 0.3) is 0 Å². The summed E-state index contributed by atoms with van der Waals surface area (Å²) in [5.74, 6) is 3.71. The summed E-state index contributed by atoms with van der Waals surface area (Å²) in [6, 6.07) is 0. The van der Waals surface area contributed by atoms with Gasteiger partial charge in [-0.05, 0) is 18.1 Å². The van der Waals surface area contributed by atoms with Crippen molar-refractivity contribution in [2.75, 3.05) is 12.4 Å². The summed E-state index contributed by atoms with van der Waals surface area (Å²) in [5.41, 5.74) is 0. The number of rotatable bonds is 7. The zero-order valence-electron chi connectivity index (χ0n) is 9.27. The molecule has 1 aromatic rings. The molecule has 1 heterocycles. The Morgan fingerprint density at radius 3 is 2.93 bits per heavy atom. The maximum atomic E-state index is 8.60. The third-order valence-electron chi connectivity index (χ3n) is 1.77. The van der Waals surface area contributed by atoms with Crippen molar-refractivity contribution in [3.63, 3.8) is 0 Å². The number of thioether (sulfide) groups is 1. The van der Waals surface area contributed by atoms with Gasteiger partial charge in [-0.3, -0.25) is 0 Å². The van der Waals surface area contributed by atoms with Crippen LogP contribution in [-0.2, 0) is 12.2 Å². The number of hydrogen-bond donors (Lipinski definition) is 1. The predicted molar refractivity (Wildman–Crippen MR) is 60.7 cm³/mol. The van der Waals surface area contributed by atoms with Crippen molar-refractivity contribution >= 4 is 11.8 Å². The van der Waals surface area contributed by atoms with Crippen LogP contribution in [0.5, 0.6) is 0 Å². The molecule has 0 aromatic carbocycles. The quantitative estimate of drug-likeness (QED) is 0.725. The van der Waals surface area contributed by atoms with Crippen LogP contribution in [0.2, 0.25) is 0 Å². The monoisotopic (exact) mass is 230 g/mol. The van der Waals surface area contributed by atoms with E-state index < -0.39 is 0 Å². The summed E-state index contributed by atoms with van der Waals surface area (Å²) < 4.78 is 5.10. The van der Waals surface area contributed by atoms with E-state index in [9.17, 15) is 0 Å². The van der Waals surface area contributed by atoms with E-state index >= 15 is 0 Å². The highest BCUT2D eigenvalue weighted by Crippen LogP contribution is 2.12. The van der Waals surface area contributed by atoms with Gasteiger partial charge in [0, 0.05) is 13.0 Å². The van der Waals surface area contributed by atoms with Crippen LogP contribution in [0.15, 0.2) is 4.52 Å². The summed E-state index contributed by atoms with van der Waals surface area (Å²) in [4.78, 5) is 4.29. The Morgan fingerprint density at radius 2 is 2.27 bits per heavy atom. The molecule has 0 spiro atoms. The van der Waals surface area contributed by atoms with E-state index in [1.165, 1.54) is 0 Å². The molecule has 5 heteroatoms. The molecule has 0 aliphatic carbocycles. The zero-order chi connectivity index (χ0) is 11.1.